The van der Waals surface area contributed by atoms with Gasteiger partial charge >= 0.3 is 0 Å². The molecular weight excluding hydrogens is 260 g/mol. The number of aryl methyl sites for hydroxylation is 1. The number of carbonyl (C=O) groups excluding carboxylic acids is 1. The van der Waals surface area contributed by atoms with Gasteiger partial charge in [0, 0.05) is 0 Å². The van der Waals surface area contributed by atoms with Crippen molar-refractivity contribution < 1.29 is 4.79 Å². The van der Waals surface area contributed by atoms with Gasteiger partial charge in [0.2, 0.25) is 5.91 Å². The van der Waals surface area contributed by atoms with Crippen LogP contribution in [0.4, 0.5) is 0 Å². The second kappa shape index (κ2) is 6.10. The number of hydrogen-bond acceptors (Lipinski definition) is 2. The average Bonchev–Trinajstić information content (AvgIpc) is 2.46. The Labute approximate surface area is 126 Å². The van der Waals surface area contributed by atoms with E-state index in [0.29, 0.717) is 0 Å². The number of amides is 1. The van der Waals surface area contributed by atoms with Gasteiger partial charge in [0.15, 0.2) is 0 Å². The molecule has 0 saturated heterocycles. The van der Waals surface area contributed by atoms with Crippen molar-refractivity contribution in [1.82, 2.24) is 5.32 Å². The molecule has 0 spiro atoms. The maximum atomic E-state index is 11.7. The zero-order valence-electron chi connectivity index (χ0n) is 12.8. The van der Waals surface area contributed by atoms with Crippen LogP contribution >= 0.6 is 0 Å². The summed E-state index contributed by atoms with van der Waals surface area (Å²) in [6, 6.07) is 18.2. The number of primary amides is 1. The molecule has 0 fully saturated rings. The molecule has 0 aliphatic rings. The van der Waals surface area contributed by atoms with Gasteiger partial charge in [0.1, 0.15) is 0 Å². The molecule has 1 unspecified atom stereocenters. The Morgan fingerprint density at radius 1 is 1.05 bits per heavy atom. The zero-order chi connectivity index (χ0) is 15.5. The van der Waals surface area contributed by atoms with Crippen molar-refractivity contribution in [3.8, 4) is 0 Å². The van der Waals surface area contributed by atoms with E-state index in [1.807, 2.05) is 44.2 Å². The summed E-state index contributed by atoms with van der Waals surface area (Å²) in [4.78, 5) is 11.7. The number of hydrogen-bond donors (Lipinski definition) is 2. The van der Waals surface area contributed by atoms with Crippen LogP contribution in [0.15, 0.2) is 54.6 Å². The summed E-state index contributed by atoms with van der Waals surface area (Å²) in [5, 5.41) is 3.39. The fraction of sp³-hybridized carbons (Fsp3) is 0.278. The first-order chi connectivity index (χ1) is 9.92. The molecule has 0 aromatic heterocycles. The van der Waals surface area contributed by atoms with Gasteiger partial charge in [-0.2, -0.15) is 0 Å². The molecule has 0 bridgehead atoms. The number of nitrogens with one attached hydrogen (secondary N) is 1. The van der Waals surface area contributed by atoms with Crippen molar-refractivity contribution >= 4 is 5.91 Å². The van der Waals surface area contributed by atoms with E-state index in [4.69, 9.17) is 5.73 Å². The first kappa shape index (κ1) is 15.3. The maximum absolute atomic E-state index is 11.7. The van der Waals surface area contributed by atoms with Crippen molar-refractivity contribution in [2.75, 3.05) is 0 Å². The predicted molar refractivity (Wildman–Crippen MR) is 85.9 cm³/mol. The van der Waals surface area contributed by atoms with Crippen LogP contribution in [0.3, 0.4) is 0 Å². The van der Waals surface area contributed by atoms with Crippen molar-refractivity contribution in [2.24, 2.45) is 5.73 Å². The molecule has 2 rings (SSSR count). The Morgan fingerprint density at radius 3 is 2.19 bits per heavy atom. The zero-order valence-corrected chi connectivity index (χ0v) is 12.8. The highest BCUT2D eigenvalue weighted by Crippen LogP contribution is 2.27. The summed E-state index contributed by atoms with van der Waals surface area (Å²) in [5.41, 5.74) is 8.17. The maximum Gasteiger partial charge on any atom is 0.237 e. The van der Waals surface area contributed by atoms with Gasteiger partial charge in [-0.25, -0.2) is 0 Å². The molecular formula is C18H22N2O. The smallest absolute Gasteiger partial charge is 0.237 e. The molecule has 3 heteroatoms. The minimum absolute atomic E-state index is 0.0742. The van der Waals surface area contributed by atoms with Crippen molar-refractivity contribution in [2.45, 2.75) is 32.4 Å². The Kier molecular flexibility index (Phi) is 4.43. The van der Waals surface area contributed by atoms with Crippen LogP contribution in [-0.2, 0) is 4.79 Å². The van der Waals surface area contributed by atoms with E-state index in [1.54, 1.807) is 0 Å². The Hall–Kier alpha value is -2.13. The quantitative estimate of drug-likeness (QED) is 0.886. The third kappa shape index (κ3) is 3.50. The first-order valence-corrected chi connectivity index (χ1v) is 7.10. The standard InChI is InChI=1S/C18H22N2O/c1-13-9-7-8-12-15(13)16(14-10-5-4-6-11-14)20-18(2,3)17(19)21/h4-12,16,20H,1-3H3,(H2,19,21). The van der Waals surface area contributed by atoms with E-state index < -0.39 is 5.54 Å². The summed E-state index contributed by atoms with van der Waals surface area (Å²) in [5.74, 6) is -0.364. The molecule has 0 radical (unpaired) electrons. The molecule has 0 saturated carbocycles. The van der Waals surface area contributed by atoms with E-state index >= 15 is 0 Å². The minimum Gasteiger partial charge on any atom is -0.368 e. The molecule has 3 nitrogen and oxygen atoms in total. The van der Waals surface area contributed by atoms with Crippen LogP contribution in [0.5, 0.6) is 0 Å². The van der Waals surface area contributed by atoms with Crippen LogP contribution in [0.2, 0.25) is 0 Å². The van der Waals surface area contributed by atoms with Gasteiger partial charge in [-0.05, 0) is 37.5 Å². The molecule has 3 N–H and O–H groups in total. The minimum atomic E-state index is -0.789. The summed E-state index contributed by atoms with van der Waals surface area (Å²) in [7, 11) is 0. The molecule has 110 valence electrons. The first-order valence-electron chi connectivity index (χ1n) is 7.10. The van der Waals surface area contributed by atoms with Crippen LogP contribution in [0, 0.1) is 6.92 Å². The predicted octanol–water partition coefficient (Wildman–Crippen LogP) is 2.94. The van der Waals surface area contributed by atoms with Crippen molar-refractivity contribution in [3.63, 3.8) is 0 Å². The number of benzene rings is 2. The molecule has 0 heterocycles. The lowest BCUT2D eigenvalue weighted by molar-refractivity contribution is -0.123. The van der Waals surface area contributed by atoms with Gasteiger partial charge in [0.25, 0.3) is 0 Å². The van der Waals surface area contributed by atoms with Gasteiger partial charge in [0.05, 0.1) is 11.6 Å². The summed E-state index contributed by atoms with van der Waals surface area (Å²) in [6.07, 6.45) is 0. The fourth-order valence-electron chi connectivity index (χ4n) is 2.33. The molecule has 2 aromatic rings. The van der Waals surface area contributed by atoms with E-state index in [9.17, 15) is 4.79 Å². The van der Waals surface area contributed by atoms with Gasteiger partial charge < -0.3 is 5.73 Å². The van der Waals surface area contributed by atoms with Crippen LogP contribution in [0.1, 0.15) is 36.6 Å². The van der Waals surface area contributed by atoms with Crippen LogP contribution < -0.4 is 11.1 Å². The normalized spacial score (nSPS) is 12.9. The third-order valence-corrected chi connectivity index (χ3v) is 3.75. The summed E-state index contributed by atoms with van der Waals surface area (Å²) >= 11 is 0. The number of carbonyl (C=O) groups is 1. The molecule has 2 aromatic carbocycles. The lowest BCUT2D eigenvalue weighted by Crippen LogP contribution is -2.52. The van der Waals surface area contributed by atoms with Crippen LogP contribution in [-0.4, -0.2) is 11.4 Å². The Bertz CT molecular complexity index is 620. The second-order valence-electron chi connectivity index (χ2n) is 5.83. The highest BCUT2D eigenvalue weighted by atomic mass is 16.1. The molecule has 21 heavy (non-hydrogen) atoms. The number of rotatable bonds is 5. The highest BCUT2D eigenvalue weighted by Gasteiger charge is 2.29. The SMILES string of the molecule is Cc1ccccc1C(NC(C)(C)C(N)=O)c1ccccc1. The Balaban J connectivity index is 2.46. The summed E-state index contributed by atoms with van der Waals surface area (Å²) in [6.45, 7) is 5.69. The van der Waals surface area contributed by atoms with E-state index in [1.165, 1.54) is 5.56 Å². The van der Waals surface area contributed by atoms with Crippen molar-refractivity contribution in [3.05, 3.63) is 71.3 Å². The topological polar surface area (TPSA) is 55.1 Å². The average molecular weight is 282 g/mol. The largest absolute Gasteiger partial charge is 0.368 e. The lowest BCUT2D eigenvalue weighted by atomic mass is 9.92. The van der Waals surface area contributed by atoms with E-state index in [0.717, 1.165) is 11.1 Å². The number of nitrogens with two attached hydrogens (primary N) is 1. The Morgan fingerprint density at radius 2 is 1.62 bits per heavy atom. The second-order valence-corrected chi connectivity index (χ2v) is 5.83. The highest BCUT2D eigenvalue weighted by molar-refractivity contribution is 5.83. The van der Waals surface area contributed by atoms with E-state index in [2.05, 4.69) is 36.5 Å². The molecule has 0 aliphatic heterocycles. The molecule has 0 aliphatic carbocycles. The molecule has 1 amide bonds. The molecule has 1 atom stereocenters. The van der Waals surface area contributed by atoms with E-state index in [-0.39, 0.29) is 11.9 Å². The van der Waals surface area contributed by atoms with Gasteiger partial charge in [-0.15, -0.1) is 0 Å². The monoisotopic (exact) mass is 282 g/mol. The van der Waals surface area contributed by atoms with Gasteiger partial charge in [-0.1, -0.05) is 54.6 Å². The van der Waals surface area contributed by atoms with Gasteiger partial charge in [-0.3, -0.25) is 10.1 Å². The lowest BCUT2D eigenvalue weighted by Gasteiger charge is -2.30. The summed E-state index contributed by atoms with van der Waals surface area (Å²) < 4.78 is 0. The van der Waals surface area contributed by atoms with Crippen LogP contribution in [0.25, 0.3) is 0 Å². The third-order valence-electron chi connectivity index (χ3n) is 3.75. The van der Waals surface area contributed by atoms with Crippen molar-refractivity contribution in [1.29, 1.82) is 0 Å². The fourth-order valence-corrected chi connectivity index (χ4v) is 2.33.